The lowest BCUT2D eigenvalue weighted by Gasteiger charge is -2.13. The van der Waals surface area contributed by atoms with Crippen molar-refractivity contribution in [1.82, 2.24) is 9.55 Å². The fraction of sp³-hybridized carbons (Fsp3) is 0.400. The second kappa shape index (κ2) is 16.9. The molecule has 3 N–H and O–H groups in total. The fourth-order valence-corrected chi connectivity index (χ4v) is 2.54. The molecular formula is C25H34F3N3O5. The van der Waals surface area contributed by atoms with Gasteiger partial charge in [-0.15, -0.1) is 0 Å². The number of carboxylic acids is 1. The van der Waals surface area contributed by atoms with Gasteiger partial charge in [0.1, 0.15) is 23.0 Å². The fourth-order valence-electron chi connectivity index (χ4n) is 2.54. The van der Waals surface area contributed by atoms with E-state index in [0.717, 1.165) is 24.2 Å². The summed E-state index contributed by atoms with van der Waals surface area (Å²) in [5.41, 5.74) is -2.08. The van der Waals surface area contributed by atoms with Crippen molar-refractivity contribution in [3.63, 3.8) is 0 Å². The topological polar surface area (TPSA) is 114 Å². The maximum absolute atomic E-state index is 13.9. The third-order valence-corrected chi connectivity index (χ3v) is 4.11. The number of aromatic nitrogens is 2. The first-order chi connectivity index (χ1) is 16.9. The number of methoxy groups -OCH3 is 1. The Hall–Kier alpha value is -3.60. The lowest BCUT2D eigenvalue weighted by atomic mass is 10.2. The van der Waals surface area contributed by atoms with Crippen molar-refractivity contribution >= 4 is 11.7 Å². The third-order valence-electron chi connectivity index (χ3n) is 4.11. The number of rotatable bonds is 10. The van der Waals surface area contributed by atoms with Gasteiger partial charge in [-0.3, -0.25) is 4.79 Å². The molecule has 36 heavy (non-hydrogen) atoms. The van der Waals surface area contributed by atoms with E-state index in [2.05, 4.69) is 37.7 Å². The molecule has 1 rings (SSSR count). The quantitative estimate of drug-likeness (QED) is 0.382. The number of aromatic carboxylic acids is 1. The second-order valence-corrected chi connectivity index (χ2v) is 7.88. The molecule has 1 aromatic heterocycles. The number of ether oxygens (including phenoxy) is 1. The minimum Gasteiger partial charge on any atom is -0.479 e. The molecule has 8 nitrogen and oxygen atoms in total. The number of hydrogen-bond donors (Lipinski definition) is 3. The van der Waals surface area contributed by atoms with Gasteiger partial charge in [0.15, 0.2) is 5.43 Å². The number of hydrogen-bond acceptors (Lipinski definition) is 6. The number of aliphatic hydroxyl groups is 1. The highest BCUT2D eigenvalue weighted by molar-refractivity contribution is 5.86. The first kappa shape index (κ1) is 32.4. The van der Waals surface area contributed by atoms with Gasteiger partial charge < -0.3 is 24.8 Å². The van der Waals surface area contributed by atoms with Crippen LogP contribution in [0.5, 0.6) is 5.88 Å². The summed E-state index contributed by atoms with van der Waals surface area (Å²) in [6, 6.07) is 2.05. The third kappa shape index (κ3) is 11.2. The number of allylic oxidation sites excluding steroid dienone is 2. The Bertz CT molecular complexity index is 1080. The van der Waals surface area contributed by atoms with Gasteiger partial charge in [0, 0.05) is 37.4 Å². The van der Waals surface area contributed by atoms with Crippen molar-refractivity contribution in [2.45, 2.75) is 40.7 Å². The van der Waals surface area contributed by atoms with Crippen LogP contribution in [0.3, 0.4) is 0 Å². The lowest BCUT2D eigenvalue weighted by molar-refractivity contribution is 0.0694. The highest BCUT2D eigenvalue weighted by atomic mass is 19.1. The van der Waals surface area contributed by atoms with E-state index in [4.69, 9.17) is 4.74 Å². The van der Waals surface area contributed by atoms with Crippen LogP contribution in [-0.2, 0) is 13.0 Å². The van der Waals surface area contributed by atoms with Crippen molar-refractivity contribution in [1.29, 1.82) is 0 Å². The molecular weight excluding hydrogens is 479 g/mol. The molecule has 0 aliphatic rings. The Kier molecular flexibility index (Phi) is 15.2. The average Bonchev–Trinajstić information content (AvgIpc) is 2.79. The molecule has 11 heteroatoms. The van der Waals surface area contributed by atoms with Gasteiger partial charge in [-0.2, -0.15) is 4.98 Å². The summed E-state index contributed by atoms with van der Waals surface area (Å²) in [6.07, 6.45) is 1.62. The van der Waals surface area contributed by atoms with E-state index in [-0.39, 0.29) is 43.3 Å². The monoisotopic (exact) mass is 513 g/mol. The first-order valence-corrected chi connectivity index (χ1v) is 11.1. The highest BCUT2D eigenvalue weighted by Crippen LogP contribution is 2.23. The van der Waals surface area contributed by atoms with Crippen LogP contribution in [0.1, 0.15) is 43.9 Å². The molecule has 0 aliphatic heterocycles. The van der Waals surface area contributed by atoms with Gasteiger partial charge in [0.2, 0.25) is 5.88 Å². The minimum atomic E-state index is -1.50. The molecule has 0 bridgehead atoms. The summed E-state index contributed by atoms with van der Waals surface area (Å²) in [6.45, 7) is 10.3. The number of nitrogens with zero attached hydrogens (tertiary/aromatic N) is 2. The van der Waals surface area contributed by atoms with Crippen molar-refractivity contribution in [3.05, 3.63) is 76.2 Å². The standard InChI is InChI=1S/C21H24F3N3O5.C4H10/c1-4-19-26-20(32-3)17(25-11-14(13(2)23)16(24)7-8-22)5-6-18(29)15(21(30)31)12-27(19)9-10-28;1-4(2)3/h5-8,12,25,28H,2,4,9-11H2,1,3H3,(H,30,31);4H,1-3H3/b6-5?,8-7+,15-12?,16-14+,20-17?,26-19?;. The van der Waals surface area contributed by atoms with E-state index in [1.54, 1.807) is 6.92 Å². The SMILES string of the molecule is C=C(F)/C(CNc1ccc(=O)c(C(=O)O)cn(CCO)c(CC)nc1OC)=C(F)\C=C\F.CC(C)C. The highest BCUT2D eigenvalue weighted by Gasteiger charge is 2.13. The van der Waals surface area contributed by atoms with E-state index in [1.165, 1.54) is 11.7 Å². The van der Waals surface area contributed by atoms with Crippen LogP contribution in [0.25, 0.3) is 0 Å². The summed E-state index contributed by atoms with van der Waals surface area (Å²) in [5.74, 6) is -2.88. The van der Waals surface area contributed by atoms with Gasteiger partial charge in [-0.1, -0.05) is 34.3 Å². The average molecular weight is 514 g/mol. The molecule has 0 unspecified atom stereocenters. The molecule has 0 amide bonds. The van der Waals surface area contributed by atoms with Gasteiger partial charge in [0.05, 0.1) is 25.7 Å². The summed E-state index contributed by atoms with van der Waals surface area (Å²) < 4.78 is 46.4. The smallest absolute Gasteiger partial charge is 0.341 e. The van der Waals surface area contributed by atoms with E-state index in [0.29, 0.717) is 6.08 Å². The normalized spacial score (nSPS) is 11.3. The predicted octanol–water partition coefficient (Wildman–Crippen LogP) is 4.89. The Morgan fingerprint density at radius 1 is 1.31 bits per heavy atom. The molecule has 0 fully saturated rings. The summed E-state index contributed by atoms with van der Waals surface area (Å²) in [5, 5.41) is 21.4. The summed E-state index contributed by atoms with van der Waals surface area (Å²) >= 11 is 0. The molecule has 1 aromatic rings. The Labute approximate surface area is 208 Å². The van der Waals surface area contributed by atoms with Gasteiger partial charge in [-0.25, -0.2) is 18.0 Å². The van der Waals surface area contributed by atoms with Crippen LogP contribution in [-0.4, -0.2) is 46.0 Å². The van der Waals surface area contributed by atoms with Crippen LogP contribution < -0.4 is 15.5 Å². The van der Waals surface area contributed by atoms with Crippen LogP contribution in [0.2, 0.25) is 0 Å². The van der Waals surface area contributed by atoms with Crippen molar-refractivity contribution in [3.8, 4) is 5.88 Å². The number of nitrogens with one attached hydrogen (secondary N) is 1. The molecule has 0 aliphatic carbocycles. The van der Waals surface area contributed by atoms with Gasteiger partial charge in [-0.05, 0) is 18.1 Å². The number of aliphatic hydroxyl groups excluding tert-OH is 1. The molecule has 0 aromatic carbocycles. The van der Waals surface area contributed by atoms with Crippen LogP contribution in [0, 0.1) is 5.92 Å². The Morgan fingerprint density at radius 2 is 1.92 bits per heavy atom. The van der Waals surface area contributed by atoms with Crippen molar-refractivity contribution in [2.75, 3.05) is 25.6 Å². The molecule has 0 radical (unpaired) electrons. The molecule has 0 saturated carbocycles. The molecule has 0 spiro atoms. The van der Waals surface area contributed by atoms with Crippen LogP contribution in [0.4, 0.5) is 18.9 Å². The maximum Gasteiger partial charge on any atom is 0.341 e. The first-order valence-electron chi connectivity index (χ1n) is 11.1. The largest absolute Gasteiger partial charge is 0.479 e. The predicted molar refractivity (Wildman–Crippen MR) is 134 cm³/mol. The van der Waals surface area contributed by atoms with E-state index < -0.39 is 40.7 Å². The molecule has 1 heterocycles. The summed E-state index contributed by atoms with van der Waals surface area (Å²) in [4.78, 5) is 28.3. The lowest BCUT2D eigenvalue weighted by Crippen LogP contribution is -2.17. The number of carbonyl (C=O) groups is 1. The maximum atomic E-state index is 13.9. The van der Waals surface area contributed by atoms with Crippen LogP contribution in [0.15, 0.2) is 59.3 Å². The number of halogens is 3. The molecule has 200 valence electrons. The minimum absolute atomic E-state index is 0.0156. The number of anilines is 1. The second-order valence-electron chi connectivity index (χ2n) is 7.88. The molecule has 0 atom stereocenters. The Balaban J connectivity index is 0.00000283. The van der Waals surface area contributed by atoms with Gasteiger partial charge >= 0.3 is 5.97 Å². The number of carboxylic acid groups (broad SMARTS) is 1. The van der Waals surface area contributed by atoms with Crippen molar-refractivity contribution in [2.24, 2.45) is 5.92 Å². The molecule has 0 saturated heterocycles. The van der Waals surface area contributed by atoms with E-state index >= 15 is 0 Å². The van der Waals surface area contributed by atoms with E-state index in [9.17, 15) is 33.0 Å². The zero-order valence-electron chi connectivity index (χ0n) is 21.1. The van der Waals surface area contributed by atoms with Crippen LogP contribution >= 0.6 is 0 Å². The van der Waals surface area contributed by atoms with Gasteiger partial charge in [0.25, 0.3) is 0 Å². The number of aryl methyl sites for hydroxylation is 1. The summed E-state index contributed by atoms with van der Waals surface area (Å²) in [7, 11) is 1.27. The zero-order valence-corrected chi connectivity index (χ0v) is 21.1. The van der Waals surface area contributed by atoms with Crippen molar-refractivity contribution < 1.29 is 32.9 Å². The zero-order chi connectivity index (χ0) is 27.8. The Morgan fingerprint density at radius 3 is 2.36 bits per heavy atom. The van der Waals surface area contributed by atoms with E-state index in [1.807, 2.05) is 0 Å².